The highest BCUT2D eigenvalue weighted by atomic mass is 35.5. The summed E-state index contributed by atoms with van der Waals surface area (Å²) in [6.45, 7) is 5.65. The van der Waals surface area contributed by atoms with Gasteiger partial charge in [0.15, 0.2) is 5.11 Å². The summed E-state index contributed by atoms with van der Waals surface area (Å²) in [5.74, 6) is 0. The minimum atomic E-state index is 0.173. The summed E-state index contributed by atoms with van der Waals surface area (Å²) in [7, 11) is 0. The van der Waals surface area contributed by atoms with Crippen molar-refractivity contribution in [3.8, 4) is 0 Å². The fourth-order valence-corrected chi connectivity index (χ4v) is 2.97. The maximum Gasteiger partial charge on any atom is 0.173 e. The molecule has 2 atom stereocenters. The molecule has 2 rings (SSSR count). The smallest absolute Gasteiger partial charge is 0.173 e. The van der Waals surface area contributed by atoms with Crippen LogP contribution in [-0.4, -0.2) is 35.3 Å². The van der Waals surface area contributed by atoms with E-state index < -0.39 is 0 Å². The molecule has 0 aromatic heterocycles. The van der Waals surface area contributed by atoms with E-state index in [1.807, 2.05) is 13.8 Å². The van der Waals surface area contributed by atoms with E-state index in [2.05, 4.69) is 10.2 Å². The van der Waals surface area contributed by atoms with E-state index in [1.165, 1.54) is 0 Å². The van der Waals surface area contributed by atoms with Crippen LogP contribution >= 0.6 is 35.4 Å². The van der Waals surface area contributed by atoms with Crippen LogP contribution in [0.4, 0.5) is 5.69 Å². The van der Waals surface area contributed by atoms with Crippen LogP contribution in [0.3, 0.4) is 0 Å². The normalized spacial score (nSPS) is 23.3. The van der Waals surface area contributed by atoms with Gasteiger partial charge in [-0.3, -0.25) is 0 Å². The lowest BCUT2D eigenvalue weighted by Crippen LogP contribution is -2.49. The quantitative estimate of drug-likeness (QED) is 0.796. The molecule has 1 aromatic carbocycles. The molecule has 0 bridgehead atoms. The van der Waals surface area contributed by atoms with E-state index in [0.717, 1.165) is 18.8 Å². The number of nitrogens with one attached hydrogen (secondary N) is 1. The van der Waals surface area contributed by atoms with Crippen LogP contribution in [0.5, 0.6) is 0 Å². The Morgan fingerprint density at radius 2 is 1.74 bits per heavy atom. The van der Waals surface area contributed by atoms with Crippen molar-refractivity contribution in [2.75, 3.05) is 18.4 Å². The lowest BCUT2D eigenvalue weighted by Gasteiger charge is -2.36. The first-order valence-electron chi connectivity index (χ1n) is 6.11. The van der Waals surface area contributed by atoms with E-state index in [4.69, 9.17) is 40.2 Å². The van der Waals surface area contributed by atoms with E-state index in [0.29, 0.717) is 15.2 Å². The first kappa shape index (κ1) is 14.9. The number of morpholine rings is 1. The van der Waals surface area contributed by atoms with Gasteiger partial charge < -0.3 is 15.0 Å². The van der Waals surface area contributed by atoms with Gasteiger partial charge in [0, 0.05) is 28.8 Å². The average Bonchev–Trinajstić information content (AvgIpc) is 2.25. The van der Waals surface area contributed by atoms with E-state index >= 15 is 0 Å². The summed E-state index contributed by atoms with van der Waals surface area (Å²) in [5, 5.41) is 5.00. The number of thiocarbonyl (C=S) groups is 1. The number of nitrogens with zero attached hydrogens (tertiary/aromatic N) is 1. The Balaban J connectivity index is 2.04. The molecule has 0 aliphatic carbocycles. The lowest BCUT2D eigenvalue weighted by molar-refractivity contribution is -0.0473. The SMILES string of the molecule is C[C@@H]1CN(C(=S)Nc2cc(Cl)cc(Cl)c2)C[C@@H](C)O1. The van der Waals surface area contributed by atoms with Crippen LogP contribution in [0.1, 0.15) is 13.8 Å². The molecule has 0 spiro atoms. The zero-order valence-corrected chi connectivity index (χ0v) is 13.1. The molecule has 1 aliphatic rings. The molecule has 0 saturated carbocycles. The Kier molecular flexibility index (Phi) is 4.90. The van der Waals surface area contributed by atoms with Gasteiger partial charge in [-0.1, -0.05) is 23.2 Å². The summed E-state index contributed by atoms with van der Waals surface area (Å²) in [6, 6.07) is 5.29. The second kappa shape index (κ2) is 6.27. The predicted molar refractivity (Wildman–Crippen MR) is 84.3 cm³/mol. The fraction of sp³-hybridized carbons (Fsp3) is 0.462. The minimum absolute atomic E-state index is 0.173. The van der Waals surface area contributed by atoms with Crippen LogP contribution in [0.2, 0.25) is 10.0 Å². The van der Waals surface area contributed by atoms with Gasteiger partial charge in [-0.05, 0) is 44.3 Å². The average molecular weight is 319 g/mol. The highest BCUT2D eigenvalue weighted by Gasteiger charge is 2.23. The van der Waals surface area contributed by atoms with Gasteiger partial charge in [-0.25, -0.2) is 0 Å². The fourth-order valence-electron chi connectivity index (χ4n) is 2.17. The zero-order valence-electron chi connectivity index (χ0n) is 10.8. The second-order valence-electron chi connectivity index (χ2n) is 4.75. The molecule has 0 amide bonds. The van der Waals surface area contributed by atoms with Gasteiger partial charge in [0.25, 0.3) is 0 Å². The Bertz CT molecular complexity index is 453. The maximum absolute atomic E-state index is 5.96. The molecule has 1 fully saturated rings. The molecule has 3 nitrogen and oxygen atoms in total. The molecule has 1 aromatic rings. The van der Waals surface area contributed by atoms with Crippen molar-refractivity contribution in [2.45, 2.75) is 26.1 Å². The maximum atomic E-state index is 5.96. The van der Waals surface area contributed by atoms with Crippen molar-refractivity contribution < 1.29 is 4.74 Å². The van der Waals surface area contributed by atoms with E-state index in [1.54, 1.807) is 18.2 Å². The second-order valence-corrected chi connectivity index (χ2v) is 6.01. The number of hydrogen-bond donors (Lipinski definition) is 1. The largest absolute Gasteiger partial charge is 0.372 e. The van der Waals surface area contributed by atoms with Crippen molar-refractivity contribution in [1.82, 2.24) is 4.90 Å². The monoisotopic (exact) mass is 318 g/mol. The predicted octanol–water partition coefficient (Wildman–Crippen LogP) is 3.80. The molecule has 1 saturated heterocycles. The van der Waals surface area contributed by atoms with E-state index in [-0.39, 0.29) is 12.2 Å². The van der Waals surface area contributed by atoms with Crippen LogP contribution in [-0.2, 0) is 4.74 Å². The van der Waals surface area contributed by atoms with Crippen LogP contribution in [0.25, 0.3) is 0 Å². The van der Waals surface area contributed by atoms with Crippen molar-refractivity contribution in [3.05, 3.63) is 28.2 Å². The molecule has 1 N–H and O–H groups in total. The van der Waals surface area contributed by atoms with Gasteiger partial charge >= 0.3 is 0 Å². The molecular formula is C13H16Cl2N2OS. The summed E-state index contributed by atoms with van der Waals surface area (Å²) in [5.41, 5.74) is 0.800. The molecule has 0 unspecified atom stereocenters. The molecule has 19 heavy (non-hydrogen) atoms. The standard InChI is InChI=1S/C13H16Cl2N2OS/c1-8-6-17(7-9(2)18-8)13(19)16-12-4-10(14)3-11(15)5-12/h3-5,8-9H,6-7H2,1-2H3,(H,16,19)/t8-,9-/m1/s1. The zero-order chi connectivity index (χ0) is 14.0. The summed E-state index contributed by atoms with van der Waals surface area (Å²) >= 11 is 17.4. The van der Waals surface area contributed by atoms with Gasteiger partial charge in [0.1, 0.15) is 0 Å². The number of hydrogen-bond acceptors (Lipinski definition) is 2. The Morgan fingerprint density at radius 1 is 1.21 bits per heavy atom. The van der Waals surface area contributed by atoms with Gasteiger partial charge in [-0.15, -0.1) is 0 Å². The third-order valence-electron chi connectivity index (χ3n) is 2.82. The molecule has 104 valence electrons. The number of halogens is 2. The topological polar surface area (TPSA) is 24.5 Å². The van der Waals surface area contributed by atoms with Gasteiger partial charge in [0.05, 0.1) is 12.2 Å². The minimum Gasteiger partial charge on any atom is -0.372 e. The highest BCUT2D eigenvalue weighted by molar-refractivity contribution is 7.80. The van der Waals surface area contributed by atoms with Crippen molar-refractivity contribution in [1.29, 1.82) is 0 Å². The van der Waals surface area contributed by atoms with Crippen LogP contribution in [0.15, 0.2) is 18.2 Å². The first-order valence-corrected chi connectivity index (χ1v) is 7.28. The van der Waals surface area contributed by atoms with Crippen molar-refractivity contribution in [2.24, 2.45) is 0 Å². The Hall–Kier alpha value is -0.550. The van der Waals surface area contributed by atoms with Crippen LogP contribution < -0.4 is 5.32 Å². The van der Waals surface area contributed by atoms with Crippen molar-refractivity contribution in [3.63, 3.8) is 0 Å². The van der Waals surface area contributed by atoms with Crippen molar-refractivity contribution >= 4 is 46.2 Å². The molecule has 6 heteroatoms. The number of anilines is 1. The number of ether oxygens (including phenoxy) is 1. The lowest BCUT2D eigenvalue weighted by atomic mass is 10.2. The number of rotatable bonds is 1. The summed E-state index contributed by atoms with van der Waals surface area (Å²) in [6.07, 6.45) is 0.345. The first-order chi connectivity index (χ1) is 8.94. The Morgan fingerprint density at radius 3 is 2.26 bits per heavy atom. The summed E-state index contributed by atoms with van der Waals surface area (Å²) < 4.78 is 5.68. The van der Waals surface area contributed by atoms with Gasteiger partial charge in [0.2, 0.25) is 0 Å². The van der Waals surface area contributed by atoms with Crippen LogP contribution in [0, 0.1) is 0 Å². The van der Waals surface area contributed by atoms with Gasteiger partial charge in [-0.2, -0.15) is 0 Å². The Labute approximate surface area is 128 Å². The molecule has 1 aliphatic heterocycles. The summed E-state index contributed by atoms with van der Waals surface area (Å²) in [4.78, 5) is 2.10. The highest BCUT2D eigenvalue weighted by Crippen LogP contribution is 2.23. The van der Waals surface area contributed by atoms with E-state index in [9.17, 15) is 0 Å². The molecular weight excluding hydrogens is 303 g/mol. The molecule has 0 radical (unpaired) electrons. The molecule has 1 heterocycles. The number of benzene rings is 1. The third-order valence-corrected chi connectivity index (χ3v) is 3.62. The third kappa shape index (κ3) is 4.21.